The van der Waals surface area contributed by atoms with E-state index >= 15 is 0 Å². The lowest BCUT2D eigenvalue weighted by atomic mass is 10.1. The molecule has 0 aromatic heterocycles. The van der Waals surface area contributed by atoms with Gasteiger partial charge in [0.1, 0.15) is 11.1 Å². The first-order valence-electron chi connectivity index (χ1n) is 9.13. The molecule has 8 heteroatoms. The lowest BCUT2D eigenvalue weighted by molar-refractivity contribution is -0.147. The van der Waals surface area contributed by atoms with E-state index in [9.17, 15) is 18.0 Å². The van der Waals surface area contributed by atoms with Gasteiger partial charge in [-0.05, 0) is 30.8 Å². The van der Waals surface area contributed by atoms with E-state index in [1.807, 2.05) is 20.8 Å². The molecule has 1 aromatic carbocycles. The number of carbonyl (C=O) groups excluding carboxylic acids is 1. The third kappa shape index (κ3) is 4.60. The minimum atomic E-state index is -1.29. The number of rotatable bonds is 8. The molecule has 3 nitrogen and oxygen atoms in total. The van der Waals surface area contributed by atoms with Crippen LogP contribution in [0.2, 0.25) is 0 Å². The fourth-order valence-electron chi connectivity index (χ4n) is 3.34. The van der Waals surface area contributed by atoms with Crippen LogP contribution in [0.15, 0.2) is 10.6 Å². The van der Waals surface area contributed by atoms with Gasteiger partial charge in [-0.15, -0.1) is 0 Å². The van der Waals surface area contributed by atoms with Gasteiger partial charge in [-0.3, -0.25) is 4.79 Å². The number of hydrogen-bond donors (Lipinski definition) is 1. The van der Waals surface area contributed by atoms with E-state index in [0.717, 1.165) is 19.8 Å². The first kappa shape index (κ1) is 22.9. The molecule has 0 saturated heterocycles. The van der Waals surface area contributed by atoms with Crippen molar-refractivity contribution in [2.45, 2.75) is 47.1 Å². The smallest absolute Gasteiger partial charge is 0.310 e. The lowest BCUT2D eigenvalue weighted by Gasteiger charge is -2.17. The molecular formula is C20H24Cl2F3NO2. The minimum absolute atomic E-state index is 0.0458. The normalized spacial score (nSPS) is 19.9. The third-order valence-corrected chi connectivity index (χ3v) is 5.55. The number of carbonyl (C=O) groups is 1. The van der Waals surface area contributed by atoms with Crippen LogP contribution in [0.5, 0.6) is 0 Å². The van der Waals surface area contributed by atoms with Crippen molar-refractivity contribution in [3.8, 4) is 0 Å². The molecule has 0 bridgehead atoms. The van der Waals surface area contributed by atoms with E-state index in [1.54, 1.807) is 6.08 Å². The molecular weight excluding hydrogens is 414 g/mol. The first-order valence-corrected chi connectivity index (χ1v) is 9.88. The highest BCUT2D eigenvalue weighted by molar-refractivity contribution is 6.55. The molecule has 0 aliphatic heterocycles. The third-order valence-electron chi connectivity index (χ3n) is 5.30. The van der Waals surface area contributed by atoms with Gasteiger partial charge in [-0.1, -0.05) is 50.4 Å². The molecule has 1 fully saturated rings. The Morgan fingerprint density at radius 1 is 1.21 bits per heavy atom. The molecule has 1 aromatic rings. The number of esters is 1. The number of ether oxygens (including phenoxy) is 1. The zero-order valence-corrected chi connectivity index (χ0v) is 17.8. The molecule has 0 heterocycles. The molecule has 28 heavy (non-hydrogen) atoms. The molecule has 0 radical (unpaired) electrons. The summed E-state index contributed by atoms with van der Waals surface area (Å²) in [6, 6.07) is 0. The van der Waals surface area contributed by atoms with Gasteiger partial charge in [0.25, 0.3) is 0 Å². The van der Waals surface area contributed by atoms with Gasteiger partial charge in [-0.25, -0.2) is 13.2 Å². The number of hydrogen-bond acceptors (Lipinski definition) is 3. The SMILES string of the molecule is CCCCNc1c(F)c(C)c(F)c(F)c1COC(=O)[C@@H]1[C@@H](C=C(Cl)Cl)C1(C)C. The molecule has 0 amide bonds. The Hall–Kier alpha value is -1.40. The number of halogens is 5. The quantitative estimate of drug-likeness (QED) is 0.296. The predicted molar refractivity (Wildman–Crippen MR) is 105 cm³/mol. The molecule has 0 spiro atoms. The van der Waals surface area contributed by atoms with Crippen molar-refractivity contribution in [1.29, 1.82) is 0 Å². The average molecular weight is 438 g/mol. The van der Waals surface area contributed by atoms with Crippen LogP contribution in [0, 0.1) is 41.6 Å². The molecule has 1 aliphatic rings. The van der Waals surface area contributed by atoms with Crippen molar-refractivity contribution < 1.29 is 22.7 Å². The summed E-state index contributed by atoms with van der Waals surface area (Å²) in [5.74, 6) is -4.72. The second kappa shape index (κ2) is 8.95. The van der Waals surface area contributed by atoms with Gasteiger partial charge in [0, 0.05) is 12.1 Å². The van der Waals surface area contributed by atoms with Gasteiger partial charge in [0.15, 0.2) is 17.5 Å². The number of allylic oxidation sites excluding steroid dienone is 1. The number of nitrogens with one attached hydrogen (secondary N) is 1. The maximum atomic E-state index is 14.5. The van der Waals surface area contributed by atoms with Crippen molar-refractivity contribution in [3.63, 3.8) is 0 Å². The Labute approximate surface area is 173 Å². The molecule has 1 saturated carbocycles. The summed E-state index contributed by atoms with van der Waals surface area (Å²) in [6.45, 7) is 6.61. The van der Waals surface area contributed by atoms with E-state index < -0.39 is 46.9 Å². The van der Waals surface area contributed by atoms with Crippen LogP contribution in [0.3, 0.4) is 0 Å². The summed E-state index contributed by atoms with van der Waals surface area (Å²) in [7, 11) is 0. The predicted octanol–water partition coefficient (Wildman–Crippen LogP) is 6.26. The second-order valence-electron chi connectivity index (χ2n) is 7.59. The fourth-order valence-corrected chi connectivity index (χ4v) is 3.61. The van der Waals surface area contributed by atoms with E-state index in [2.05, 4.69) is 5.32 Å². The van der Waals surface area contributed by atoms with Crippen LogP contribution in [0.4, 0.5) is 18.9 Å². The van der Waals surface area contributed by atoms with E-state index in [1.165, 1.54) is 0 Å². The maximum Gasteiger partial charge on any atom is 0.310 e. The van der Waals surface area contributed by atoms with E-state index in [-0.39, 0.29) is 21.7 Å². The summed E-state index contributed by atoms with van der Waals surface area (Å²) in [5.41, 5.74) is -1.35. The summed E-state index contributed by atoms with van der Waals surface area (Å²) in [6.07, 6.45) is 3.12. The van der Waals surface area contributed by atoms with Crippen molar-refractivity contribution in [1.82, 2.24) is 0 Å². The van der Waals surface area contributed by atoms with Crippen molar-refractivity contribution in [2.75, 3.05) is 11.9 Å². The van der Waals surface area contributed by atoms with Crippen molar-refractivity contribution in [3.05, 3.63) is 39.1 Å². The van der Waals surface area contributed by atoms with Crippen LogP contribution < -0.4 is 5.32 Å². The Morgan fingerprint density at radius 3 is 2.43 bits per heavy atom. The van der Waals surface area contributed by atoms with Gasteiger partial charge in [0.2, 0.25) is 0 Å². The summed E-state index contributed by atoms with van der Waals surface area (Å²) in [5, 5.41) is 2.79. The van der Waals surface area contributed by atoms with Crippen LogP contribution >= 0.6 is 23.2 Å². The van der Waals surface area contributed by atoms with Gasteiger partial charge < -0.3 is 10.1 Å². The highest BCUT2D eigenvalue weighted by Crippen LogP contribution is 2.60. The van der Waals surface area contributed by atoms with Gasteiger partial charge in [-0.2, -0.15) is 0 Å². The molecule has 0 unspecified atom stereocenters. The Morgan fingerprint density at radius 2 is 1.86 bits per heavy atom. The second-order valence-corrected chi connectivity index (χ2v) is 8.60. The zero-order chi connectivity index (χ0) is 21.2. The molecule has 1 aliphatic carbocycles. The zero-order valence-electron chi connectivity index (χ0n) is 16.3. The standard InChI is InChI=1S/C20H24Cl2F3NO2/c1-5-6-7-26-18-11(17(25)15(23)10(2)16(18)24)9-28-19(27)14-12(8-13(21)22)20(14,3)4/h8,12,14,26H,5-7,9H2,1-4H3/t12-,14+/m1/s1. The van der Waals surface area contributed by atoms with Crippen LogP contribution in [-0.4, -0.2) is 12.5 Å². The first-order chi connectivity index (χ1) is 13.0. The number of anilines is 1. The van der Waals surface area contributed by atoms with E-state index in [0.29, 0.717) is 6.54 Å². The van der Waals surface area contributed by atoms with Gasteiger partial charge in [0.05, 0.1) is 17.2 Å². The topological polar surface area (TPSA) is 38.3 Å². The van der Waals surface area contributed by atoms with Crippen molar-refractivity contribution >= 4 is 34.9 Å². The lowest BCUT2D eigenvalue weighted by Crippen LogP contribution is -2.16. The van der Waals surface area contributed by atoms with Crippen LogP contribution in [0.25, 0.3) is 0 Å². The molecule has 156 valence electrons. The van der Waals surface area contributed by atoms with Crippen LogP contribution in [-0.2, 0) is 16.1 Å². The minimum Gasteiger partial charge on any atom is -0.460 e. The highest BCUT2D eigenvalue weighted by atomic mass is 35.5. The van der Waals surface area contributed by atoms with Gasteiger partial charge >= 0.3 is 5.97 Å². The Kier molecular flexibility index (Phi) is 7.32. The highest BCUT2D eigenvalue weighted by Gasteiger charge is 2.61. The summed E-state index contributed by atoms with van der Waals surface area (Å²) in [4.78, 5) is 12.4. The molecule has 1 N–H and O–H groups in total. The Bertz CT molecular complexity index is 792. The Balaban J connectivity index is 2.21. The fraction of sp³-hybridized carbons (Fsp3) is 0.550. The van der Waals surface area contributed by atoms with Crippen molar-refractivity contribution in [2.24, 2.45) is 17.3 Å². The summed E-state index contributed by atoms with van der Waals surface area (Å²) < 4.78 is 48.2. The number of unbranched alkanes of at least 4 members (excludes halogenated alkanes) is 1. The van der Waals surface area contributed by atoms with Crippen LogP contribution in [0.1, 0.15) is 44.7 Å². The number of benzene rings is 1. The monoisotopic (exact) mass is 437 g/mol. The molecule has 2 atom stereocenters. The average Bonchev–Trinajstić information content (AvgIpc) is 3.16. The maximum absolute atomic E-state index is 14.5. The molecule has 2 rings (SSSR count). The largest absolute Gasteiger partial charge is 0.460 e. The van der Waals surface area contributed by atoms with E-state index in [4.69, 9.17) is 27.9 Å². The summed E-state index contributed by atoms with van der Waals surface area (Å²) >= 11 is 11.3.